The van der Waals surface area contributed by atoms with Crippen LogP contribution in [0, 0.1) is 13.8 Å². The highest BCUT2D eigenvalue weighted by atomic mass is 79.9. The summed E-state index contributed by atoms with van der Waals surface area (Å²) < 4.78 is 12.6. The third-order valence-electron chi connectivity index (χ3n) is 2.88. The lowest BCUT2D eigenvalue weighted by Crippen LogP contribution is -2.18. The van der Waals surface area contributed by atoms with Crippen LogP contribution in [0.5, 0.6) is 11.5 Å². The predicted octanol–water partition coefficient (Wildman–Crippen LogP) is 5.47. The Balaban J connectivity index is 2.02. The van der Waals surface area contributed by atoms with Crippen molar-refractivity contribution >= 4 is 49.4 Å². The summed E-state index contributed by atoms with van der Waals surface area (Å²) >= 11 is 12.7. The first-order valence-electron chi connectivity index (χ1n) is 6.42. The van der Waals surface area contributed by atoms with Gasteiger partial charge in [-0.25, -0.2) is 4.79 Å². The van der Waals surface area contributed by atoms with E-state index in [0.717, 1.165) is 20.1 Å². The lowest BCUT2D eigenvalue weighted by atomic mass is 10.1. The molecule has 2 aromatic carbocycles. The quantitative estimate of drug-likeness (QED) is 0.460. The molecule has 0 aliphatic carbocycles. The Morgan fingerprint density at radius 2 is 1.73 bits per heavy atom. The van der Waals surface area contributed by atoms with Gasteiger partial charge in [0.2, 0.25) is 0 Å². The van der Waals surface area contributed by atoms with Crippen molar-refractivity contribution in [2.45, 2.75) is 13.8 Å². The van der Waals surface area contributed by atoms with E-state index in [1.165, 1.54) is 0 Å². The third kappa shape index (κ3) is 4.48. The molecule has 2 aromatic rings. The Labute approximate surface area is 150 Å². The first kappa shape index (κ1) is 17.3. The van der Waals surface area contributed by atoms with Crippen molar-refractivity contribution in [3.63, 3.8) is 0 Å². The third-order valence-corrected chi connectivity index (χ3v) is 4.13. The van der Waals surface area contributed by atoms with Crippen molar-refractivity contribution < 1.29 is 14.3 Å². The summed E-state index contributed by atoms with van der Waals surface area (Å²) in [6, 6.07) is 8.96. The van der Waals surface area contributed by atoms with Crippen LogP contribution in [0.25, 0.3) is 0 Å². The minimum Gasteiger partial charge on any atom is -0.480 e. The van der Waals surface area contributed by atoms with Gasteiger partial charge in [0.15, 0.2) is 6.61 Å². The zero-order valence-electron chi connectivity index (χ0n) is 12.0. The maximum absolute atomic E-state index is 11.9. The molecule has 3 nitrogen and oxygen atoms in total. The van der Waals surface area contributed by atoms with E-state index in [1.807, 2.05) is 26.0 Å². The Hall–Kier alpha value is -1.04. The van der Waals surface area contributed by atoms with Crippen LogP contribution in [0.4, 0.5) is 0 Å². The van der Waals surface area contributed by atoms with Crippen molar-refractivity contribution in [3.05, 3.63) is 55.4 Å². The monoisotopic (exact) mass is 446 g/mol. The highest BCUT2D eigenvalue weighted by Gasteiger charge is 2.12. The maximum Gasteiger partial charge on any atom is 0.349 e. The topological polar surface area (TPSA) is 35.5 Å². The van der Waals surface area contributed by atoms with Gasteiger partial charge in [0, 0.05) is 8.95 Å². The van der Waals surface area contributed by atoms with Crippen LogP contribution in [0.2, 0.25) is 5.02 Å². The van der Waals surface area contributed by atoms with Crippen LogP contribution in [-0.2, 0) is 4.79 Å². The van der Waals surface area contributed by atoms with E-state index in [2.05, 4.69) is 31.9 Å². The van der Waals surface area contributed by atoms with Crippen molar-refractivity contribution in [1.29, 1.82) is 0 Å². The van der Waals surface area contributed by atoms with Crippen LogP contribution in [-0.4, -0.2) is 12.6 Å². The molecule has 0 spiro atoms. The summed E-state index contributed by atoms with van der Waals surface area (Å²) in [5.41, 5.74) is 1.75. The van der Waals surface area contributed by atoms with Crippen LogP contribution in [0.15, 0.2) is 39.3 Å². The first-order valence-corrected chi connectivity index (χ1v) is 8.38. The molecule has 22 heavy (non-hydrogen) atoms. The molecular weight excluding hydrogens is 435 g/mol. The summed E-state index contributed by atoms with van der Waals surface area (Å²) in [7, 11) is 0. The van der Waals surface area contributed by atoms with Crippen molar-refractivity contribution in [1.82, 2.24) is 0 Å². The van der Waals surface area contributed by atoms with E-state index in [-0.39, 0.29) is 6.61 Å². The number of carbonyl (C=O) groups excluding carboxylic acids is 1. The van der Waals surface area contributed by atoms with Gasteiger partial charge < -0.3 is 9.47 Å². The van der Waals surface area contributed by atoms with Crippen LogP contribution < -0.4 is 9.47 Å². The second kappa shape index (κ2) is 7.49. The average molecular weight is 449 g/mol. The summed E-state index contributed by atoms with van der Waals surface area (Å²) in [6.07, 6.45) is 0. The largest absolute Gasteiger partial charge is 0.480 e. The summed E-state index contributed by atoms with van der Waals surface area (Å²) in [6.45, 7) is 3.55. The molecule has 0 aliphatic rings. The molecule has 0 N–H and O–H groups in total. The van der Waals surface area contributed by atoms with Crippen molar-refractivity contribution in [3.8, 4) is 11.5 Å². The fraction of sp³-hybridized carbons (Fsp3) is 0.188. The van der Waals surface area contributed by atoms with Crippen molar-refractivity contribution in [2.24, 2.45) is 0 Å². The van der Waals surface area contributed by atoms with Gasteiger partial charge in [-0.1, -0.05) is 43.5 Å². The van der Waals surface area contributed by atoms with Crippen LogP contribution >= 0.6 is 43.5 Å². The molecule has 0 heterocycles. The number of ether oxygens (including phenoxy) is 2. The van der Waals surface area contributed by atoms with Gasteiger partial charge in [0.1, 0.15) is 11.5 Å². The smallest absolute Gasteiger partial charge is 0.349 e. The number of aryl methyl sites for hydroxylation is 2. The predicted molar refractivity (Wildman–Crippen MR) is 93.9 cm³/mol. The average Bonchev–Trinajstić information content (AvgIpc) is 2.42. The number of rotatable bonds is 4. The Kier molecular flexibility index (Phi) is 5.89. The second-order valence-corrected chi connectivity index (χ2v) is 6.94. The number of hydrogen-bond acceptors (Lipinski definition) is 3. The molecule has 116 valence electrons. The molecule has 2 rings (SSSR count). The standard InChI is InChI=1S/C16H13Br2ClO3/c1-9-5-12(18)6-10(2)16(9)22-15(20)8-21-14-4-3-11(17)7-13(14)19/h3-7H,8H2,1-2H3. The van der Waals surface area contributed by atoms with Gasteiger partial charge in [0.05, 0.1) is 5.02 Å². The zero-order chi connectivity index (χ0) is 16.3. The van der Waals surface area contributed by atoms with E-state index in [9.17, 15) is 4.79 Å². The summed E-state index contributed by atoms with van der Waals surface area (Å²) in [4.78, 5) is 11.9. The fourth-order valence-electron chi connectivity index (χ4n) is 1.93. The number of esters is 1. The minimum absolute atomic E-state index is 0.212. The summed E-state index contributed by atoms with van der Waals surface area (Å²) in [5.74, 6) is 0.511. The molecule has 0 fully saturated rings. The number of hydrogen-bond donors (Lipinski definition) is 0. The lowest BCUT2D eigenvalue weighted by molar-refractivity contribution is -0.136. The molecular formula is C16H13Br2ClO3. The molecule has 0 amide bonds. The molecule has 0 atom stereocenters. The maximum atomic E-state index is 11.9. The molecule has 0 aromatic heterocycles. The van der Waals surface area contributed by atoms with E-state index >= 15 is 0 Å². The molecule has 0 bridgehead atoms. The van der Waals surface area contributed by atoms with Gasteiger partial charge in [-0.2, -0.15) is 0 Å². The number of carbonyl (C=O) groups is 1. The zero-order valence-corrected chi connectivity index (χ0v) is 15.9. The van der Waals surface area contributed by atoms with E-state index in [0.29, 0.717) is 16.5 Å². The van der Waals surface area contributed by atoms with Gasteiger partial charge >= 0.3 is 5.97 Å². The van der Waals surface area contributed by atoms with Gasteiger partial charge in [0.25, 0.3) is 0 Å². The Morgan fingerprint density at radius 3 is 2.32 bits per heavy atom. The first-order chi connectivity index (χ1) is 10.4. The SMILES string of the molecule is Cc1cc(Br)cc(C)c1OC(=O)COc1ccc(Br)cc1Cl. The number of halogens is 3. The number of benzene rings is 2. The Morgan fingerprint density at radius 1 is 1.09 bits per heavy atom. The van der Waals surface area contributed by atoms with Crippen molar-refractivity contribution in [2.75, 3.05) is 6.61 Å². The molecule has 0 saturated heterocycles. The van der Waals surface area contributed by atoms with Gasteiger partial charge in [-0.15, -0.1) is 0 Å². The molecule has 0 radical (unpaired) electrons. The minimum atomic E-state index is -0.479. The van der Waals surface area contributed by atoms with E-state index in [4.69, 9.17) is 21.1 Å². The highest BCUT2D eigenvalue weighted by Crippen LogP contribution is 2.29. The van der Waals surface area contributed by atoms with Crippen LogP contribution in [0.1, 0.15) is 11.1 Å². The second-order valence-electron chi connectivity index (χ2n) is 4.71. The summed E-state index contributed by atoms with van der Waals surface area (Å²) in [5, 5.41) is 0.429. The lowest BCUT2D eigenvalue weighted by Gasteiger charge is -2.12. The van der Waals surface area contributed by atoms with E-state index < -0.39 is 5.97 Å². The normalized spacial score (nSPS) is 10.4. The molecule has 0 aliphatic heterocycles. The molecule has 0 saturated carbocycles. The molecule has 0 unspecified atom stereocenters. The van der Waals surface area contributed by atoms with E-state index in [1.54, 1.807) is 18.2 Å². The Bertz CT molecular complexity index is 694. The molecule has 6 heteroatoms. The van der Waals surface area contributed by atoms with Gasteiger partial charge in [-0.05, 0) is 55.3 Å². The highest BCUT2D eigenvalue weighted by molar-refractivity contribution is 9.10. The fourth-order valence-corrected chi connectivity index (χ4v) is 3.35. The van der Waals surface area contributed by atoms with Gasteiger partial charge in [-0.3, -0.25) is 0 Å². The van der Waals surface area contributed by atoms with Crippen LogP contribution in [0.3, 0.4) is 0 Å².